The maximum absolute atomic E-state index is 12.4. The van der Waals surface area contributed by atoms with E-state index in [0.29, 0.717) is 23.5 Å². The molecule has 1 heterocycles. The van der Waals surface area contributed by atoms with Crippen LogP contribution in [0.3, 0.4) is 0 Å². The topological polar surface area (TPSA) is 98.9 Å². The number of benzene rings is 2. The van der Waals surface area contributed by atoms with Crippen LogP contribution in [0.4, 0.5) is 21.9 Å². The summed E-state index contributed by atoms with van der Waals surface area (Å²) in [6.07, 6.45) is -0.0888. The van der Waals surface area contributed by atoms with Gasteiger partial charge in [-0.25, -0.2) is 4.79 Å². The van der Waals surface area contributed by atoms with Gasteiger partial charge in [0.15, 0.2) is 0 Å². The molecule has 0 saturated carbocycles. The van der Waals surface area contributed by atoms with Crippen molar-refractivity contribution in [2.45, 2.75) is 32.4 Å². The fraction of sp³-hybridized carbons (Fsp3) is 0.333. The number of carboxylic acid groups (broad SMARTS) is 1. The summed E-state index contributed by atoms with van der Waals surface area (Å²) >= 11 is 0. The van der Waals surface area contributed by atoms with Crippen LogP contribution < -0.4 is 16.0 Å². The van der Waals surface area contributed by atoms with Gasteiger partial charge in [-0.3, -0.25) is 4.79 Å². The van der Waals surface area contributed by atoms with Crippen LogP contribution in [0, 0.1) is 0 Å². The van der Waals surface area contributed by atoms with E-state index in [1.54, 1.807) is 24.3 Å². The summed E-state index contributed by atoms with van der Waals surface area (Å²) in [6, 6.07) is 14.4. The van der Waals surface area contributed by atoms with Gasteiger partial charge in [0.1, 0.15) is 0 Å². The van der Waals surface area contributed by atoms with Gasteiger partial charge in [0.2, 0.25) is 0 Å². The first-order valence-corrected chi connectivity index (χ1v) is 9.39. The lowest BCUT2D eigenvalue weighted by Crippen LogP contribution is -2.45. The van der Waals surface area contributed by atoms with E-state index in [0.717, 1.165) is 18.7 Å². The lowest BCUT2D eigenvalue weighted by atomic mass is 10.1. The fourth-order valence-corrected chi connectivity index (χ4v) is 3.63. The van der Waals surface area contributed by atoms with Crippen LogP contribution in [-0.4, -0.2) is 47.2 Å². The summed E-state index contributed by atoms with van der Waals surface area (Å²) in [7, 11) is 0. The molecule has 7 heteroatoms. The summed E-state index contributed by atoms with van der Waals surface area (Å²) in [5.41, 5.74) is 8.49. The highest BCUT2D eigenvalue weighted by molar-refractivity contribution is 6.05. The van der Waals surface area contributed by atoms with Crippen molar-refractivity contribution in [3.8, 4) is 0 Å². The summed E-state index contributed by atoms with van der Waals surface area (Å²) in [6.45, 7) is 5.22. The van der Waals surface area contributed by atoms with Crippen molar-refractivity contribution < 1.29 is 14.7 Å². The highest BCUT2D eigenvalue weighted by Crippen LogP contribution is 2.25. The number of para-hydroxylation sites is 2. The van der Waals surface area contributed by atoms with Crippen LogP contribution in [0.5, 0.6) is 0 Å². The number of nitrogens with zero attached hydrogens (tertiary/aromatic N) is 2. The van der Waals surface area contributed by atoms with Crippen molar-refractivity contribution >= 4 is 29.1 Å². The lowest BCUT2D eigenvalue weighted by Gasteiger charge is -2.30. The zero-order valence-electron chi connectivity index (χ0n) is 16.1. The molecule has 1 saturated heterocycles. The molecule has 4 N–H and O–H groups in total. The van der Waals surface area contributed by atoms with Crippen LogP contribution in [0.2, 0.25) is 0 Å². The van der Waals surface area contributed by atoms with Gasteiger partial charge in [0, 0.05) is 30.4 Å². The second kappa shape index (κ2) is 8.21. The predicted octanol–water partition coefficient (Wildman–Crippen LogP) is 3.49. The van der Waals surface area contributed by atoms with E-state index < -0.39 is 6.09 Å². The number of anilines is 3. The molecule has 7 nitrogen and oxygen atoms in total. The number of amides is 2. The molecule has 1 aliphatic rings. The monoisotopic (exact) mass is 382 g/mol. The van der Waals surface area contributed by atoms with Gasteiger partial charge in [0.05, 0.1) is 17.4 Å². The number of hydrogen-bond donors (Lipinski definition) is 3. The first kappa shape index (κ1) is 19.5. The summed E-state index contributed by atoms with van der Waals surface area (Å²) in [5.74, 6) is -0.222. The molecule has 0 spiro atoms. The van der Waals surface area contributed by atoms with Crippen molar-refractivity contribution in [2.75, 3.05) is 29.0 Å². The summed E-state index contributed by atoms with van der Waals surface area (Å²) < 4.78 is 0. The molecule has 0 radical (unpaired) electrons. The largest absolute Gasteiger partial charge is 0.465 e. The quantitative estimate of drug-likeness (QED) is 0.688. The van der Waals surface area contributed by atoms with E-state index in [-0.39, 0.29) is 18.0 Å². The number of carbonyl (C=O) groups is 2. The molecule has 2 aromatic carbocycles. The number of nitrogens with one attached hydrogen (secondary N) is 1. The lowest BCUT2D eigenvalue weighted by molar-refractivity contribution is 0.102. The van der Waals surface area contributed by atoms with Gasteiger partial charge in [0.25, 0.3) is 5.91 Å². The molecule has 28 heavy (non-hydrogen) atoms. The molecule has 148 valence electrons. The van der Waals surface area contributed by atoms with Crippen LogP contribution in [-0.2, 0) is 0 Å². The number of nitrogens with two attached hydrogens (primary N) is 1. The van der Waals surface area contributed by atoms with E-state index in [2.05, 4.69) is 10.2 Å². The average Bonchev–Trinajstić information content (AvgIpc) is 3.12. The second-order valence-corrected chi connectivity index (χ2v) is 7.26. The molecule has 0 bridgehead atoms. The molecule has 2 aromatic rings. The summed E-state index contributed by atoms with van der Waals surface area (Å²) in [4.78, 5) is 27.6. The Morgan fingerprint density at radius 2 is 1.86 bits per heavy atom. The Hall–Kier alpha value is -3.22. The number of nitrogen functional groups attached to an aromatic ring is 1. The SMILES string of the molecule is CC(C)N(C(=O)O)[C@H]1CCN(c2ccc(C(=O)Nc3ccccc3N)cc2)C1. The molecule has 1 fully saturated rings. The molecular weight excluding hydrogens is 356 g/mol. The van der Waals surface area contributed by atoms with E-state index in [1.165, 1.54) is 4.90 Å². The molecule has 0 aromatic heterocycles. The molecule has 2 amide bonds. The fourth-order valence-electron chi connectivity index (χ4n) is 3.63. The zero-order valence-corrected chi connectivity index (χ0v) is 16.1. The Balaban J connectivity index is 1.65. The minimum atomic E-state index is -0.881. The molecule has 0 aliphatic carbocycles. The van der Waals surface area contributed by atoms with Crippen molar-refractivity contribution in [1.82, 2.24) is 4.90 Å². The Morgan fingerprint density at radius 1 is 1.18 bits per heavy atom. The third-order valence-corrected chi connectivity index (χ3v) is 5.04. The molecular formula is C21H26N4O3. The van der Waals surface area contributed by atoms with Crippen molar-refractivity contribution in [1.29, 1.82) is 0 Å². The maximum Gasteiger partial charge on any atom is 0.407 e. The van der Waals surface area contributed by atoms with E-state index in [4.69, 9.17) is 5.73 Å². The first-order chi connectivity index (χ1) is 13.4. The second-order valence-electron chi connectivity index (χ2n) is 7.26. The highest BCUT2D eigenvalue weighted by Gasteiger charge is 2.32. The Kier molecular flexibility index (Phi) is 5.73. The number of carbonyl (C=O) groups excluding carboxylic acids is 1. The normalized spacial score (nSPS) is 16.2. The summed E-state index contributed by atoms with van der Waals surface area (Å²) in [5, 5.41) is 12.3. The molecule has 1 aliphatic heterocycles. The van der Waals surface area contributed by atoms with Crippen molar-refractivity contribution in [3.63, 3.8) is 0 Å². The van der Waals surface area contributed by atoms with Gasteiger partial charge >= 0.3 is 6.09 Å². The van der Waals surface area contributed by atoms with Gasteiger partial charge in [-0.15, -0.1) is 0 Å². The predicted molar refractivity (Wildman–Crippen MR) is 111 cm³/mol. The Morgan fingerprint density at radius 3 is 2.46 bits per heavy atom. The van der Waals surface area contributed by atoms with Crippen molar-refractivity contribution in [3.05, 3.63) is 54.1 Å². The van der Waals surface area contributed by atoms with Crippen LogP contribution in [0.1, 0.15) is 30.6 Å². The smallest absolute Gasteiger partial charge is 0.407 e. The average molecular weight is 382 g/mol. The standard InChI is InChI=1S/C21H26N4O3/c1-14(2)25(21(27)28)17-11-12-24(13-17)16-9-7-15(8-10-16)20(26)23-19-6-4-3-5-18(19)22/h3-10,14,17H,11-13,22H2,1-2H3,(H,23,26)(H,27,28)/t17-/m0/s1. The molecule has 3 rings (SSSR count). The Labute approximate surface area is 164 Å². The van der Waals surface area contributed by atoms with E-state index in [9.17, 15) is 14.7 Å². The maximum atomic E-state index is 12.4. The van der Waals surface area contributed by atoms with Gasteiger partial charge in [-0.2, -0.15) is 0 Å². The molecule has 0 unspecified atom stereocenters. The minimum absolute atomic E-state index is 0.0264. The minimum Gasteiger partial charge on any atom is -0.465 e. The van der Waals surface area contributed by atoms with Crippen molar-refractivity contribution in [2.24, 2.45) is 0 Å². The number of rotatable bonds is 5. The Bertz CT molecular complexity index is 851. The highest BCUT2D eigenvalue weighted by atomic mass is 16.4. The third-order valence-electron chi connectivity index (χ3n) is 5.04. The van der Waals surface area contributed by atoms with E-state index in [1.807, 2.05) is 38.1 Å². The zero-order chi connectivity index (χ0) is 20.3. The van der Waals surface area contributed by atoms with Crippen LogP contribution >= 0.6 is 0 Å². The van der Waals surface area contributed by atoms with Gasteiger partial charge in [-0.05, 0) is 56.7 Å². The molecule has 1 atom stereocenters. The van der Waals surface area contributed by atoms with Gasteiger partial charge in [-0.1, -0.05) is 12.1 Å². The van der Waals surface area contributed by atoms with Gasteiger partial charge < -0.3 is 26.0 Å². The third kappa shape index (κ3) is 4.19. The number of hydrogen-bond acceptors (Lipinski definition) is 4. The van der Waals surface area contributed by atoms with Crippen LogP contribution in [0.15, 0.2) is 48.5 Å². The van der Waals surface area contributed by atoms with Crippen LogP contribution in [0.25, 0.3) is 0 Å². The van der Waals surface area contributed by atoms with E-state index >= 15 is 0 Å². The first-order valence-electron chi connectivity index (χ1n) is 9.39.